The Morgan fingerprint density at radius 3 is 2.50 bits per heavy atom. The Kier molecular flexibility index (Phi) is 4.55. The van der Waals surface area contributed by atoms with Crippen molar-refractivity contribution in [1.82, 2.24) is 5.32 Å². The van der Waals surface area contributed by atoms with E-state index < -0.39 is 0 Å². The highest BCUT2D eigenvalue weighted by molar-refractivity contribution is 5.47. The van der Waals surface area contributed by atoms with Gasteiger partial charge in [-0.15, -0.1) is 0 Å². The van der Waals surface area contributed by atoms with Crippen molar-refractivity contribution in [2.24, 2.45) is 5.92 Å². The third-order valence-electron chi connectivity index (χ3n) is 4.29. The van der Waals surface area contributed by atoms with E-state index in [0.717, 1.165) is 52.2 Å². The van der Waals surface area contributed by atoms with E-state index in [9.17, 15) is 5.11 Å². The molecule has 0 aromatic heterocycles. The topological polar surface area (TPSA) is 44.7 Å². The van der Waals surface area contributed by atoms with Crippen LogP contribution in [-0.4, -0.2) is 44.1 Å². The summed E-state index contributed by atoms with van der Waals surface area (Å²) in [4.78, 5) is 2.37. The molecule has 0 atom stereocenters. The van der Waals surface area contributed by atoms with Crippen molar-refractivity contribution in [2.75, 3.05) is 37.7 Å². The number of rotatable bonds is 5. The number of nitrogens with zero attached hydrogens (tertiary/aromatic N) is 1. The van der Waals surface area contributed by atoms with Gasteiger partial charge in [-0.25, -0.2) is 0 Å². The quantitative estimate of drug-likeness (QED) is 0.853. The lowest BCUT2D eigenvalue weighted by Gasteiger charge is -2.31. The van der Waals surface area contributed by atoms with Crippen LogP contribution in [0.4, 0.5) is 5.69 Å². The first-order valence-corrected chi connectivity index (χ1v) is 7.61. The van der Waals surface area contributed by atoms with Gasteiger partial charge in [-0.1, -0.05) is 12.1 Å². The zero-order valence-corrected chi connectivity index (χ0v) is 11.9. The standard InChI is InChI=1S/C16H24N2O2/c19-16-9-14(10-16)12-17-11-13-1-3-15(4-2-13)18-5-7-20-8-6-18/h1-4,14,16-17,19H,5-12H2. The van der Waals surface area contributed by atoms with Crippen LogP contribution in [0.2, 0.25) is 0 Å². The summed E-state index contributed by atoms with van der Waals surface area (Å²) in [6.45, 7) is 5.56. The van der Waals surface area contributed by atoms with Gasteiger partial charge in [0.2, 0.25) is 0 Å². The molecule has 1 heterocycles. The van der Waals surface area contributed by atoms with Gasteiger partial charge < -0.3 is 20.1 Å². The van der Waals surface area contributed by atoms with Crippen molar-refractivity contribution in [3.63, 3.8) is 0 Å². The van der Waals surface area contributed by atoms with Gasteiger partial charge in [-0.2, -0.15) is 0 Å². The number of aliphatic hydroxyl groups excluding tert-OH is 1. The molecule has 0 unspecified atom stereocenters. The van der Waals surface area contributed by atoms with Crippen LogP contribution in [0.15, 0.2) is 24.3 Å². The Morgan fingerprint density at radius 1 is 1.15 bits per heavy atom. The van der Waals surface area contributed by atoms with Crippen LogP contribution in [0.1, 0.15) is 18.4 Å². The smallest absolute Gasteiger partial charge is 0.0642 e. The summed E-state index contributed by atoms with van der Waals surface area (Å²) >= 11 is 0. The molecule has 1 aliphatic carbocycles. The maximum Gasteiger partial charge on any atom is 0.0642 e. The Labute approximate surface area is 120 Å². The second kappa shape index (κ2) is 6.57. The number of morpholine rings is 1. The van der Waals surface area contributed by atoms with Crippen LogP contribution in [0.5, 0.6) is 0 Å². The molecule has 1 aromatic rings. The van der Waals surface area contributed by atoms with E-state index in [4.69, 9.17) is 4.74 Å². The molecule has 2 fully saturated rings. The Morgan fingerprint density at radius 2 is 1.85 bits per heavy atom. The lowest BCUT2D eigenvalue weighted by molar-refractivity contribution is 0.0430. The maximum atomic E-state index is 9.25. The molecule has 4 heteroatoms. The van der Waals surface area contributed by atoms with E-state index in [2.05, 4.69) is 34.5 Å². The van der Waals surface area contributed by atoms with E-state index in [1.807, 2.05) is 0 Å². The highest BCUT2D eigenvalue weighted by atomic mass is 16.5. The van der Waals surface area contributed by atoms with Crippen LogP contribution in [0, 0.1) is 5.92 Å². The summed E-state index contributed by atoms with van der Waals surface area (Å²) in [6, 6.07) is 8.81. The zero-order chi connectivity index (χ0) is 13.8. The summed E-state index contributed by atoms with van der Waals surface area (Å²) in [7, 11) is 0. The number of nitrogens with one attached hydrogen (secondary N) is 1. The van der Waals surface area contributed by atoms with Gasteiger partial charge in [0, 0.05) is 25.3 Å². The average molecular weight is 276 g/mol. The van der Waals surface area contributed by atoms with Gasteiger partial charge in [-0.05, 0) is 43.0 Å². The Hall–Kier alpha value is -1.10. The molecule has 1 aromatic carbocycles. The third-order valence-corrected chi connectivity index (χ3v) is 4.29. The molecule has 110 valence electrons. The summed E-state index contributed by atoms with van der Waals surface area (Å²) in [6.07, 6.45) is 1.88. The minimum atomic E-state index is -0.0467. The first kappa shape index (κ1) is 13.9. The minimum absolute atomic E-state index is 0.0467. The zero-order valence-electron chi connectivity index (χ0n) is 11.9. The molecule has 1 aliphatic heterocycles. The van der Waals surface area contributed by atoms with Crippen LogP contribution >= 0.6 is 0 Å². The molecule has 0 radical (unpaired) electrons. The molecule has 2 aliphatic rings. The third kappa shape index (κ3) is 3.51. The van der Waals surface area contributed by atoms with Crippen molar-refractivity contribution in [2.45, 2.75) is 25.5 Å². The van der Waals surface area contributed by atoms with E-state index in [1.165, 1.54) is 11.3 Å². The number of hydrogen-bond donors (Lipinski definition) is 2. The molecule has 1 saturated heterocycles. The SMILES string of the molecule is OC1CC(CNCc2ccc(N3CCOCC3)cc2)C1. The molecular weight excluding hydrogens is 252 g/mol. The molecular formula is C16H24N2O2. The first-order chi connectivity index (χ1) is 9.81. The number of ether oxygens (including phenoxy) is 1. The monoisotopic (exact) mass is 276 g/mol. The number of anilines is 1. The Bertz CT molecular complexity index is 409. The van der Waals surface area contributed by atoms with Crippen LogP contribution in [-0.2, 0) is 11.3 Å². The predicted molar refractivity (Wildman–Crippen MR) is 79.9 cm³/mol. The lowest BCUT2D eigenvalue weighted by Crippen LogP contribution is -2.36. The second-order valence-electron chi connectivity index (χ2n) is 5.89. The van der Waals surface area contributed by atoms with Gasteiger partial charge in [0.15, 0.2) is 0 Å². The molecule has 4 nitrogen and oxygen atoms in total. The number of hydrogen-bond acceptors (Lipinski definition) is 4. The highest BCUT2D eigenvalue weighted by Gasteiger charge is 2.26. The van der Waals surface area contributed by atoms with Crippen LogP contribution < -0.4 is 10.2 Å². The van der Waals surface area contributed by atoms with Gasteiger partial charge in [0.05, 0.1) is 19.3 Å². The van der Waals surface area contributed by atoms with Crippen molar-refractivity contribution < 1.29 is 9.84 Å². The molecule has 0 bridgehead atoms. The fourth-order valence-electron chi connectivity index (χ4n) is 2.93. The minimum Gasteiger partial charge on any atom is -0.393 e. The van der Waals surface area contributed by atoms with Gasteiger partial charge in [0.1, 0.15) is 0 Å². The van der Waals surface area contributed by atoms with E-state index in [0.29, 0.717) is 5.92 Å². The maximum absolute atomic E-state index is 9.25. The summed E-state index contributed by atoms with van der Waals surface area (Å²) < 4.78 is 5.37. The Balaban J connectivity index is 1.43. The van der Waals surface area contributed by atoms with Crippen molar-refractivity contribution in [1.29, 1.82) is 0 Å². The molecule has 3 rings (SSSR count). The fraction of sp³-hybridized carbons (Fsp3) is 0.625. The molecule has 1 saturated carbocycles. The van der Waals surface area contributed by atoms with Crippen molar-refractivity contribution in [3.8, 4) is 0 Å². The summed E-state index contributed by atoms with van der Waals surface area (Å²) in [5, 5.41) is 12.7. The average Bonchev–Trinajstić information content (AvgIpc) is 2.47. The van der Waals surface area contributed by atoms with Gasteiger partial charge >= 0.3 is 0 Å². The lowest BCUT2D eigenvalue weighted by atomic mass is 9.82. The van der Waals surface area contributed by atoms with Crippen molar-refractivity contribution in [3.05, 3.63) is 29.8 Å². The predicted octanol–water partition coefficient (Wildman–Crippen LogP) is 1.38. The molecule has 0 spiro atoms. The largest absolute Gasteiger partial charge is 0.393 e. The first-order valence-electron chi connectivity index (χ1n) is 7.61. The van der Waals surface area contributed by atoms with E-state index >= 15 is 0 Å². The number of aliphatic hydroxyl groups is 1. The van der Waals surface area contributed by atoms with Crippen molar-refractivity contribution >= 4 is 5.69 Å². The summed E-state index contributed by atoms with van der Waals surface area (Å²) in [5.74, 6) is 0.664. The number of benzene rings is 1. The van der Waals surface area contributed by atoms with Crippen LogP contribution in [0.3, 0.4) is 0 Å². The molecule has 2 N–H and O–H groups in total. The molecule has 0 amide bonds. The van der Waals surface area contributed by atoms with Gasteiger partial charge in [0.25, 0.3) is 0 Å². The summed E-state index contributed by atoms with van der Waals surface area (Å²) in [5.41, 5.74) is 2.61. The van der Waals surface area contributed by atoms with Gasteiger partial charge in [-0.3, -0.25) is 0 Å². The van der Waals surface area contributed by atoms with Crippen LogP contribution in [0.25, 0.3) is 0 Å². The second-order valence-corrected chi connectivity index (χ2v) is 5.89. The van der Waals surface area contributed by atoms with E-state index in [1.54, 1.807) is 0 Å². The molecule has 20 heavy (non-hydrogen) atoms. The highest BCUT2D eigenvalue weighted by Crippen LogP contribution is 2.26. The normalized spacial score (nSPS) is 26.4. The van der Waals surface area contributed by atoms with E-state index in [-0.39, 0.29) is 6.10 Å². The fourth-order valence-corrected chi connectivity index (χ4v) is 2.93.